The second kappa shape index (κ2) is 11.0. The summed E-state index contributed by atoms with van der Waals surface area (Å²) in [7, 11) is 3.19. The van der Waals surface area contributed by atoms with Crippen molar-refractivity contribution in [2.24, 2.45) is 0 Å². The first-order valence-corrected chi connectivity index (χ1v) is 8.98. The summed E-state index contributed by atoms with van der Waals surface area (Å²) in [6, 6.07) is 15.5. The fourth-order valence-corrected chi connectivity index (χ4v) is 2.52. The standard InChI is InChI=1S/C22H27NO4/c1-17(19-8-5-4-6-9-19)27-13-7-12-23-22(24)11-10-18-14-20(25-2)16-21(15-18)26-3/h4-6,8-11,14-17H,7,12-13H2,1-3H3,(H,23,24)/b11-10-/t17-/m1/s1. The molecule has 144 valence electrons. The number of nitrogens with one attached hydrogen (secondary N) is 1. The molecule has 0 spiro atoms. The van der Waals surface area contributed by atoms with Gasteiger partial charge in [0.25, 0.3) is 0 Å². The van der Waals surface area contributed by atoms with Gasteiger partial charge in [-0.2, -0.15) is 0 Å². The summed E-state index contributed by atoms with van der Waals surface area (Å²) in [5, 5.41) is 2.86. The molecule has 1 atom stereocenters. The maximum atomic E-state index is 11.9. The number of ether oxygens (including phenoxy) is 3. The van der Waals surface area contributed by atoms with E-state index in [0.29, 0.717) is 24.7 Å². The highest BCUT2D eigenvalue weighted by Crippen LogP contribution is 2.23. The van der Waals surface area contributed by atoms with Gasteiger partial charge in [-0.05, 0) is 42.7 Å². The fraction of sp³-hybridized carbons (Fsp3) is 0.318. The van der Waals surface area contributed by atoms with Gasteiger partial charge in [0.05, 0.1) is 20.3 Å². The van der Waals surface area contributed by atoms with Crippen LogP contribution in [0, 0.1) is 0 Å². The van der Waals surface area contributed by atoms with Crippen LogP contribution in [-0.2, 0) is 9.53 Å². The largest absolute Gasteiger partial charge is 0.497 e. The molecule has 5 nitrogen and oxygen atoms in total. The zero-order valence-corrected chi connectivity index (χ0v) is 16.1. The van der Waals surface area contributed by atoms with E-state index in [2.05, 4.69) is 5.32 Å². The summed E-state index contributed by atoms with van der Waals surface area (Å²) >= 11 is 0. The Morgan fingerprint density at radius 2 is 1.74 bits per heavy atom. The van der Waals surface area contributed by atoms with Gasteiger partial charge >= 0.3 is 0 Å². The van der Waals surface area contributed by atoms with Crippen LogP contribution < -0.4 is 14.8 Å². The van der Waals surface area contributed by atoms with Crippen molar-refractivity contribution >= 4 is 12.0 Å². The molecule has 1 N–H and O–H groups in total. The molecule has 27 heavy (non-hydrogen) atoms. The van der Waals surface area contributed by atoms with Crippen LogP contribution in [0.1, 0.15) is 30.6 Å². The lowest BCUT2D eigenvalue weighted by Gasteiger charge is -2.13. The minimum Gasteiger partial charge on any atom is -0.497 e. The van der Waals surface area contributed by atoms with Crippen LogP contribution >= 0.6 is 0 Å². The Kier molecular flexibility index (Phi) is 8.39. The van der Waals surface area contributed by atoms with Crippen LogP contribution in [0.15, 0.2) is 54.6 Å². The van der Waals surface area contributed by atoms with Crippen molar-refractivity contribution in [1.29, 1.82) is 0 Å². The van der Waals surface area contributed by atoms with Crippen LogP contribution in [0.5, 0.6) is 11.5 Å². The third-order valence-electron chi connectivity index (χ3n) is 4.06. The van der Waals surface area contributed by atoms with Crippen molar-refractivity contribution in [3.63, 3.8) is 0 Å². The average Bonchev–Trinajstić information content (AvgIpc) is 2.72. The van der Waals surface area contributed by atoms with Crippen LogP contribution in [0.3, 0.4) is 0 Å². The van der Waals surface area contributed by atoms with Gasteiger partial charge in [-0.1, -0.05) is 30.3 Å². The maximum Gasteiger partial charge on any atom is 0.244 e. The molecule has 0 aliphatic rings. The zero-order chi connectivity index (χ0) is 19.5. The highest BCUT2D eigenvalue weighted by atomic mass is 16.5. The highest BCUT2D eigenvalue weighted by Gasteiger charge is 2.04. The number of hydrogen-bond donors (Lipinski definition) is 1. The number of carbonyl (C=O) groups is 1. The molecule has 0 aliphatic heterocycles. The van der Waals surface area contributed by atoms with Crippen molar-refractivity contribution in [2.75, 3.05) is 27.4 Å². The smallest absolute Gasteiger partial charge is 0.244 e. The molecule has 0 unspecified atom stereocenters. The molecule has 0 aromatic heterocycles. The van der Waals surface area contributed by atoms with Gasteiger partial charge in [-0.15, -0.1) is 0 Å². The van der Waals surface area contributed by atoms with Crippen LogP contribution in [0.4, 0.5) is 0 Å². The first-order valence-electron chi connectivity index (χ1n) is 8.98. The van der Waals surface area contributed by atoms with Gasteiger partial charge < -0.3 is 19.5 Å². The van der Waals surface area contributed by atoms with Crippen molar-refractivity contribution < 1.29 is 19.0 Å². The van der Waals surface area contributed by atoms with Crippen LogP contribution in [-0.4, -0.2) is 33.3 Å². The average molecular weight is 369 g/mol. The number of amides is 1. The van der Waals surface area contributed by atoms with Crippen molar-refractivity contribution in [3.8, 4) is 11.5 Å². The normalized spacial score (nSPS) is 12.0. The van der Waals surface area contributed by atoms with E-state index in [4.69, 9.17) is 14.2 Å². The van der Waals surface area contributed by atoms with Gasteiger partial charge in [0.2, 0.25) is 5.91 Å². The maximum absolute atomic E-state index is 11.9. The van der Waals surface area contributed by atoms with Crippen LogP contribution in [0.2, 0.25) is 0 Å². The summed E-state index contributed by atoms with van der Waals surface area (Å²) < 4.78 is 16.2. The molecule has 0 aliphatic carbocycles. The first-order chi connectivity index (χ1) is 13.1. The molecule has 2 rings (SSSR count). The Labute approximate surface area is 161 Å². The second-order valence-electron chi connectivity index (χ2n) is 6.05. The molecule has 0 bridgehead atoms. The summed E-state index contributed by atoms with van der Waals surface area (Å²) in [6.07, 6.45) is 4.03. The van der Waals surface area contributed by atoms with E-state index in [9.17, 15) is 4.79 Å². The molecule has 0 saturated carbocycles. The molecule has 0 saturated heterocycles. The molecule has 0 heterocycles. The van der Waals surface area contributed by atoms with Gasteiger partial charge in [-0.25, -0.2) is 0 Å². The lowest BCUT2D eigenvalue weighted by atomic mass is 10.1. The lowest BCUT2D eigenvalue weighted by Crippen LogP contribution is -2.23. The van der Waals surface area contributed by atoms with Gasteiger partial charge in [0.15, 0.2) is 0 Å². The van der Waals surface area contributed by atoms with E-state index < -0.39 is 0 Å². The molecule has 1 amide bonds. The summed E-state index contributed by atoms with van der Waals surface area (Å²) in [6.45, 7) is 3.18. The summed E-state index contributed by atoms with van der Waals surface area (Å²) in [5.74, 6) is 1.21. The molecular weight excluding hydrogens is 342 g/mol. The monoisotopic (exact) mass is 369 g/mol. The van der Waals surface area contributed by atoms with Gasteiger partial charge in [0, 0.05) is 25.3 Å². The number of benzene rings is 2. The van der Waals surface area contributed by atoms with E-state index in [1.165, 1.54) is 6.08 Å². The Morgan fingerprint density at radius 3 is 2.37 bits per heavy atom. The topological polar surface area (TPSA) is 56.8 Å². The molecule has 5 heteroatoms. The highest BCUT2D eigenvalue weighted by molar-refractivity contribution is 5.91. The molecule has 2 aromatic rings. The van der Waals surface area contributed by atoms with E-state index in [0.717, 1.165) is 17.5 Å². The molecule has 0 fully saturated rings. The molecule has 2 aromatic carbocycles. The Bertz CT molecular complexity index is 721. The van der Waals surface area contributed by atoms with Crippen molar-refractivity contribution in [3.05, 3.63) is 65.7 Å². The molecular formula is C22H27NO4. The minimum absolute atomic E-state index is 0.0461. The van der Waals surface area contributed by atoms with Crippen LogP contribution in [0.25, 0.3) is 6.08 Å². The van der Waals surface area contributed by atoms with E-state index in [1.807, 2.05) is 49.4 Å². The predicted octanol–water partition coefficient (Wildman–Crippen LogP) is 4.00. The lowest BCUT2D eigenvalue weighted by molar-refractivity contribution is -0.116. The van der Waals surface area contributed by atoms with E-state index in [1.54, 1.807) is 26.4 Å². The van der Waals surface area contributed by atoms with Crippen molar-refractivity contribution in [2.45, 2.75) is 19.4 Å². The third-order valence-corrected chi connectivity index (χ3v) is 4.06. The Hall–Kier alpha value is -2.79. The van der Waals surface area contributed by atoms with E-state index in [-0.39, 0.29) is 12.0 Å². The predicted molar refractivity (Wildman–Crippen MR) is 107 cm³/mol. The summed E-state index contributed by atoms with van der Waals surface area (Å²) in [4.78, 5) is 11.9. The summed E-state index contributed by atoms with van der Waals surface area (Å²) in [5.41, 5.74) is 1.99. The SMILES string of the molecule is COc1cc(/C=C\C(=O)NCCCO[C@H](C)c2ccccc2)cc(OC)c1. The fourth-order valence-electron chi connectivity index (χ4n) is 2.52. The second-order valence-corrected chi connectivity index (χ2v) is 6.05. The quantitative estimate of drug-likeness (QED) is 0.508. The molecule has 0 radical (unpaired) electrons. The van der Waals surface area contributed by atoms with Gasteiger partial charge in [-0.3, -0.25) is 4.79 Å². The Morgan fingerprint density at radius 1 is 1.07 bits per heavy atom. The third kappa shape index (κ3) is 7.15. The van der Waals surface area contributed by atoms with E-state index >= 15 is 0 Å². The Balaban J connectivity index is 1.71. The number of hydrogen-bond acceptors (Lipinski definition) is 4. The minimum atomic E-state index is -0.145. The number of carbonyl (C=O) groups excluding carboxylic acids is 1. The zero-order valence-electron chi connectivity index (χ0n) is 16.1. The number of methoxy groups -OCH3 is 2. The van der Waals surface area contributed by atoms with Gasteiger partial charge in [0.1, 0.15) is 11.5 Å². The van der Waals surface area contributed by atoms with Crippen molar-refractivity contribution in [1.82, 2.24) is 5.32 Å². The number of rotatable bonds is 10. The first kappa shape index (κ1) is 20.5.